The van der Waals surface area contributed by atoms with E-state index >= 15 is 0 Å². The van der Waals surface area contributed by atoms with Crippen molar-refractivity contribution in [2.75, 3.05) is 0 Å². The van der Waals surface area contributed by atoms with E-state index < -0.39 is 0 Å². The third-order valence-corrected chi connectivity index (χ3v) is 3.59. The summed E-state index contributed by atoms with van der Waals surface area (Å²) in [5.74, 6) is 0.461. The maximum Gasteiger partial charge on any atom is 0.164 e. The van der Waals surface area contributed by atoms with Gasteiger partial charge < -0.3 is 0 Å². The van der Waals surface area contributed by atoms with E-state index in [9.17, 15) is 4.79 Å². The summed E-state index contributed by atoms with van der Waals surface area (Å²) < 4.78 is 0. The van der Waals surface area contributed by atoms with Gasteiger partial charge in [0.05, 0.1) is 0 Å². The topological polar surface area (TPSA) is 17.1 Å². The van der Waals surface area contributed by atoms with Gasteiger partial charge in [-0.3, -0.25) is 4.79 Å². The number of ketones is 1. The zero-order valence-corrected chi connectivity index (χ0v) is 8.44. The van der Waals surface area contributed by atoms with Crippen molar-refractivity contribution in [3.8, 4) is 0 Å². The molecule has 72 valence electrons. The number of hydrogen-bond acceptors (Lipinski definition) is 1. The molecule has 0 bridgehead atoms. The fourth-order valence-corrected chi connectivity index (χ4v) is 2.65. The molecule has 0 N–H and O–H groups in total. The molecule has 0 aromatic rings. The van der Waals surface area contributed by atoms with E-state index in [0.717, 1.165) is 31.3 Å². The Hall–Kier alpha value is -0.590. The van der Waals surface area contributed by atoms with Crippen LogP contribution in [0.2, 0.25) is 0 Å². The molecule has 0 aromatic carbocycles. The highest BCUT2D eigenvalue weighted by atomic mass is 16.1. The number of carbonyl (C=O) groups excluding carboxylic acids is 1. The second-order valence-electron chi connectivity index (χ2n) is 4.72. The zero-order chi connectivity index (χ0) is 9.31. The summed E-state index contributed by atoms with van der Waals surface area (Å²) in [6.07, 6.45) is 10.2. The minimum absolute atomic E-state index is 0.0101. The molecular weight excluding hydrogens is 160 g/mol. The molecule has 1 nitrogen and oxygen atoms in total. The fraction of sp³-hybridized carbons (Fsp3) is 0.750. The highest BCUT2D eigenvalue weighted by molar-refractivity contribution is 6.00. The lowest BCUT2D eigenvalue weighted by molar-refractivity contribution is -0.123. The van der Waals surface area contributed by atoms with Gasteiger partial charge in [0.2, 0.25) is 0 Å². The van der Waals surface area contributed by atoms with Crippen molar-refractivity contribution < 1.29 is 4.79 Å². The van der Waals surface area contributed by atoms with Gasteiger partial charge in [0.25, 0.3) is 0 Å². The molecule has 0 spiro atoms. The Balaban J connectivity index is 2.11. The van der Waals surface area contributed by atoms with Crippen LogP contribution < -0.4 is 0 Å². The van der Waals surface area contributed by atoms with Crippen LogP contribution in [-0.4, -0.2) is 5.78 Å². The monoisotopic (exact) mass is 178 g/mol. The molecule has 13 heavy (non-hydrogen) atoms. The molecule has 0 saturated heterocycles. The minimum atomic E-state index is 0.0101. The molecule has 0 amide bonds. The number of Topliss-reactive ketones (excluding diaryl/α,β-unsaturated/α-hetero) is 1. The summed E-state index contributed by atoms with van der Waals surface area (Å²) in [4.78, 5) is 12.1. The van der Waals surface area contributed by atoms with E-state index in [1.54, 1.807) is 0 Å². The highest BCUT2D eigenvalue weighted by Crippen LogP contribution is 2.41. The standard InChI is InChI=1S/C12H18O/c1-12(8-4-5-9-12)11(13)10-6-2-3-7-10/h6H,2-5,7-9H2,1H3. The van der Waals surface area contributed by atoms with E-state index in [-0.39, 0.29) is 5.41 Å². The molecule has 0 aromatic heterocycles. The van der Waals surface area contributed by atoms with Crippen molar-refractivity contribution in [2.45, 2.75) is 51.9 Å². The first-order chi connectivity index (χ1) is 6.22. The van der Waals surface area contributed by atoms with Gasteiger partial charge in [-0.25, -0.2) is 0 Å². The molecule has 2 aliphatic rings. The molecule has 1 fully saturated rings. The number of rotatable bonds is 2. The Kier molecular flexibility index (Phi) is 2.27. The third-order valence-electron chi connectivity index (χ3n) is 3.59. The Morgan fingerprint density at radius 2 is 2.00 bits per heavy atom. The average molecular weight is 178 g/mol. The largest absolute Gasteiger partial charge is 0.294 e. The fourth-order valence-electron chi connectivity index (χ4n) is 2.65. The third kappa shape index (κ3) is 1.56. The molecule has 1 saturated carbocycles. The first-order valence-corrected chi connectivity index (χ1v) is 5.46. The first kappa shape index (κ1) is 8.98. The van der Waals surface area contributed by atoms with Crippen molar-refractivity contribution >= 4 is 5.78 Å². The molecule has 1 heteroatoms. The van der Waals surface area contributed by atoms with Gasteiger partial charge in [-0.05, 0) is 37.7 Å². The van der Waals surface area contributed by atoms with Gasteiger partial charge in [-0.15, -0.1) is 0 Å². The van der Waals surface area contributed by atoms with Crippen LogP contribution in [0.1, 0.15) is 51.9 Å². The van der Waals surface area contributed by atoms with Crippen LogP contribution >= 0.6 is 0 Å². The van der Waals surface area contributed by atoms with Crippen molar-refractivity contribution in [1.29, 1.82) is 0 Å². The number of carbonyl (C=O) groups is 1. The Morgan fingerprint density at radius 3 is 2.54 bits per heavy atom. The summed E-state index contributed by atoms with van der Waals surface area (Å²) in [6, 6.07) is 0. The molecular formula is C12H18O. The first-order valence-electron chi connectivity index (χ1n) is 5.46. The molecule has 0 heterocycles. The molecule has 2 rings (SSSR count). The second-order valence-corrected chi connectivity index (χ2v) is 4.72. The zero-order valence-electron chi connectivity index (χ0n) is 8.44. The summed E-state index contributed by atoms with van der Waals surface area (Å²) >= 11 is 0. The lowest BCUT2D eigenvalue weighted by Crippen LogP contribution is -2.25. The van der Waals surface area contributed by atoms with E-state index in [1.807, 2.05) is 0 Å². The second kappa shape index (κ2) is 3.28. The number of hydrogen-bond donors (Lipinski definition) is 0. The van der Waals surface area contributed by atoms with E-state index in [1.165, 1.54) is 19.3 Å². The quantitative estimate of drug-likeness (QED) is 0.634. The average Bonchev–Trinajstić information content (AvgIpc) is 2.73. The van der Waals surface area contributed by atoms with Gasteiger partial charge in [-0.1, -0.05) is 25.8 Å². The Bertz CT molecular complexity index is 244. The summed E-state index contributed by atoms with van der Waals surface area (Å²) in [5.41, 5.74) is 1.14. The van der Waals surface area contributed by atoms with Crippen LogP contribution in [0.15, 0.2) is 11.6 Å². The maximum absolute atomic E-state index is 12.1. The van der Waals surface area contributed by atoms with E-state index in [0.29, 0.717) is 5.78 Å². The van der Waals surface area contributed by atoms with Crippen LogP contribution in [0, 0.1) is 5.41 Å². The minimum Gasteiger partial charge on any atom is -0.294 e. The van der Waals surface area contributed by atoms with Gasteiger partial charge in [0, 0.05) is 5.41 Å². The normalized spacial score (nSPS) is 26.1. The van der Waals surface area contributed by atoms with Crippen LogP contribution in [0.5, 0.6) is 0 Å². The van der Waals surface area contributed by atoms with E-state index in [2.05, 4.69) is 13.0 Å². The predicted octanol–water partition coefficient (Wildman–Crippen LogP) is 3.25. The van der Waals surface area contributed by atoms with Crippen LogP contribution in [0.25, 0.3) is 0 Å². The van der Waals surface area contributed by atoms with Crippen molar-refractivity contribution in [3.63, 3.8) is 0 Å². The Morgan fingerprint density at radius 1 is 1.31 bits per heavy atom. The molecule has 0 atom stereocenters. The summed E-state index contributed by atoms with van der Waals surface area (Å²) in [6.45, 7) is 2.15. The predicted molar refractivity (Wildman–Crippen MR) is 53.5 cm³/mol. The van der Waals surface area contributed by atoms with Crippen LogP contribution in [0.4, 0.5) is 0 Å². The van der Waals surface area contributed by atoms with Gasteiger partial charge in [0.15, 0.2) is 5.78 Å². The van der Waals surface area contributed by atoms with Crippen LogP contribution in [-0.2, 0) is 4.79 Å². The van der Waals surface area contributed by atoms with Crippen molar-refractivity contribution in [3.05, 3.63) is 11.6 Å². The number of allylic oxidation sites excluding steroid dienone is 2. The molecule has 2 aliphatic carbocycles. The molecule has 0 radical (unpaired) electrons. The van der Waals surface area contributed by atoms with Crippen molar-refractivity contribution in [2.24, 2.45) is 5.41 Å². The lowest BCUT2D eigenvalue weighted by atomic mass is 9.80. The van der Waals surface area contributed by atoms with Gasteiger partial charge in [-0.2, -0.15) is 0 Å². The van der Waals surface area contributed by atoms with Crippen LogP contribution in [0.3, 0.4) is 0 Å². The highest BCUT2D eigenvalue weighted by Gasteiger charge is 2.37. The Labute approximate surface area is 80.2 Å². The van der Waals surface area contributed by atoms with E-state index in [4.69, 9.17) is 0 Å². The maximum atomic E-state index is 12.1. The SMILES string of the molecule is CC1(C(=O)C2=CCCC2)CCCC1. The van der Waals surface area contributed by atoms with Gasteiger partial charge >= 0.3 is 0 Å². The van der Waals surface area contributed by atoms with Crippen molar-refractivity contribution in [1.82, 2.24) is 0 Å². The smallest absolute Gasteiger partial charge is 0.164 e. The molecule has 0 unspecified atom stereocenters. The summed E-state index contributed by atoms with van der Waals surface area (Å²) in [7, 11) is 0. The molecule has 0 aliphatic heterocycles. The van der Waals surface area contributed by atoms with Gasteiger partial charge in [0.1, 0.15) is 0 Å². The lowest BCUT2D eigenvalue weighted by Gasteiger charge is -2.22. The summed E-state index contributed by atoms with van der Waals surface area (Å²) in [5, 5.41) is 0.